The SMILES string of the molecule is NCCNC1(c2ccccc2)c2ccccc2CSc2ccccc21.O=C(O)/C=C\C(=O)O. The van der Waals surface area contributed by atoms with Gasteiger partial charge in [0.15, 0.2) is 0 Å². The number of nitrogens with two attached hydrogens (primary N) is 1. The molecule has 3 aromatic rings. The predicted octanol–water partition coefficient (Wildman–Crippen LogP) is 3.84. The molecule has 1 aliphatic heterocycles. The highest BCUT2D eigenvalue weighted by molar-refractivity contribution is 7.98. The monoisotopic (exact) mass is 462 g/mol. The zero-order chi connectivity index (χ0) is 23.7. The van der Waals surface area contributed by atoms with Crippen molar-refractivity contribution in [2.24, 2.45) is 5.73 Å². The van der Waals surface area contributed by atoms with Crippen LogP contribution in [0.15, 0.2) is 95.9 Å². The third kappa shape index (κ3) is 5.70. The minimum atomic E-state index is -1.26. The molecule has 4 rings (SSSR count). The van der Waals surface area contributed by atoms with Gasteiger partial charge in [-0.3, -0.25) is 5.32 Å². The van der Waals surface area contributed by atoms with Crippen molar-refractivity contribution in [3.8, 4) is 0 Å². The largest absolute Gasteiger partial charge is 0.478 e. The van der Waals surface area contributed by atoms with Gasteiger partial charge in [-0.15, -0.1) is 11.8 Å². The molecule has 7 heteroatoms. The number of nitrogens with one attached hydrogen (secondary N) is 1. The Morgan fingerprint density at radius 2 is 1.45 bits per heavy atom. The van der Waals surface area contributed by atoms with Gasteiger partial charge in [0.1, 0.15) is 0 Å². The predicted molar refractivity (Wildman–Crippen MR) is 130 cm³/mol. The number of hydrogen-bond acceptors (Lipinski definition) is 5. The van der Waals surface area contributed by atoms with E-state index in [1.807, 2.05) is 11.8 Å². The van der Waals surface area contributed by atoms with Gasteiger partial charge in [0, 0.05) is 35.9 Å². The summed E-state index contributed by atoms with van der Waals surface area (Å²) in [6, 6.07) is 28.3. The maximum absolute atomic E-state index is 9.55. The number of aliphatic carboxylic acids is 2. The van der Waals surface area contributed by atoms with E-state index in [0.717, 1.165) is 12.3 Å². The quantitative estimate of drug-likeness (QED) is 0.412. The summed E-state index contributed by atoms with van der Waals surface area (Å²) in [5, 5.41) is 19.4. The van der Waals surface area contributed by atoms with Gasteiger partial charge >= 0.3 is 11.9 Å². The van der Waals surface area contributed by atoms with Crippen LogP contribution in [0.3, 0.4) is 0 Å². The second-order valence-electron chi connectivity index (χ2n) is 7.28. The smallest absolute Gasteiger partial charge is 0.328 e. The van der Waals surface area contributed by atoms with Gasteiger partial charge in [0.05, 0.1) is 5.54 Å². The zero-order valence-corrected chi connectivity index (χ0v) is 18.8. The molecule has 0 bridgehead atoms. The first kappa shape index (κ1) is 24.3. The lowest BCUT2D eigenvalue weighted by molar-refractivity contribution is -0.134. The molecule has 3 aromatic carbocycles. The summed E-state index contributed by atoms with van der Waals surface area (Å²) in [7, 11) is 0. The van der Waals surface area contributed by atoms with Crippen LogP contribution in [-0.4, -0.2) is 35.2 Å². The Balaban J connectivity index is 0.000000331. The first-order chi connectivity index (χ1) is 16.0. The van der Waals surface area contributed by atoms with Crippen LogP contribution in [-0.2, 0) is 20.9 Å². The summed E-state index contributed by atoms with van der Waals surface area (Å²) >= 11 is 1.91. The minimum Gasteiger partial charge on any atom is -0.478 e. The molecule has 33 heavy (non-hydrogen) atoms. The molecule has 0 fully saturated rings. The van der Waals surface area contributed by atoms with Crippen LogP contribution in [0.2, 0.25) is 0 Å². The van der Waals surface area contributed by atoms with Crippen LogP contribution in [0.4, 0.5) is 0 Å². The fraction of sp³-hybridized carbons (Fsp3) is 0.154. The van der Waals surface area contributed by atoms with Crippen molar-refractivity contribution in [1.82, 2.24) is 5.32 Å². The first-order valence-electron chi connectivity index (χ1n) is 10.4. The molecule has 0 spiro atoms. The Morgan fingerprint density at radius 3 is 2.09 bits per heavy atom. The van der Waals surface area contributed by atoms with Crippen molar-refractivity contribution in [3.05, 3.63) is 113 Å². The van der Waals surface area contributed by atoms with E-state index in [1.54, 1.807) is 0 Å². The standard InChI is InChI=1S/C22H22N2S.C4H4O4/c23-14-15-24-22(18-9-2-1-3-10-18)19-11-5-4-8-17(19)16-25-21-13-7-6-12-20(21)22;5-3(6)1-2-4(7)8/h1-13,24H,14-16,23H2;1-2H,(H,5,6)(H,7,8)/b;2-1-. The summed E-state index contributed by atoms with van der Waals surface area (Å²) in [6.07, 6.45) is 1.12. The maximum Gasteiger partial charge on any atom is 0.328 e. The van der Waals surface area contributed by atoms with E-state index >= 15 is 0 Å². The van der Waals surface area contributed by atoms with Crippen LogP contribution in [0.1, 0.15) is 22.3 Å². The normalized spacial score (nSPS) is 16.6. The summed E-state index contributed by atoms with van der Waals surface area (Å²) in [4.78, 5) is 20.4. The molecule has 0 saturated carbocycles. The Hall–Kier alpha value is -3.39. The highest BCUT2D eigenvalue weighted by Gasteiger charge is 2.40. The van der Waals surface area contributed by atoms with E-state index in [0.29, 0.717) is 18.7 Å². The number of carboxylic acids is 2. The van der Waals surface area contributed by atoms with Gasteiger partial charge in [0.2, 0.25) is 0 Å². The molecular weight excluding hydrogens is 436 g/mol. The molecule has 5 N–H and O–H groups in total. The molecule has 1 aliphatic rings. The molecule has 0 radical (unpaired) electrons. The number of thioether (sulfide) groups is 1. The lowest BCUT2D eigenvalue weighted by Gasteiger charge is -2.38. The van der Waals surface area contributed by atoms with Crippen molar-refractivity contribution >= 4 is 23.7 Å². The van der Waals surface area contributed by atoms with Crippen molar-refractivity contribution < 1.29 is 19.8 Å². The van der Waals surface area contributed by atoms with Crippen LogP contribution < -0.4 is 11.1 Å². The molecule has 0 aliphatic carbocycles. The zero-order valence-electron chi connectivity index (χ0n) is 18.0. The van der Waals surface area contributed by atoms with Gasteiger partial charge in [0.25, 0.3) is 0 Å². The van der Waals surface area contributed by atoms with Gasteiger partial charge in [-0.25, -0.2) is 9.59 Å². The average molecular weight is 463 g/mol. The number of carboxylic acid groups (broad SMARTS) is 2. The van der Waals surface area contributed by atoms with Gasteiger partial charge in [-0.2, -0.15) is 0 Å². The molecule has 0 aromatic heterocycles. The molecule has 0 saturated heterocycles. The maximum atomic E-state index is 9.55. The lowest BCUT2D eigenvalue weighted by Crippen LogP contribution is -2.47. The number of benzene rings is 3. The molecule has 6 nitrogen and oxygen atoms in total. The third-order valence-electron chi connectivity index (χ3n) is 5.21. The molecule has 0 amide bonds. The first-order valence-corrected chi connectivity index (χ1v) is 11.4. The van der Waals surface area contributed by atoms with E-state index in [9.17, 15) is 9.59 Å². The second kappa shape index (κ2) is 11.5. The van der Waals surface area contributed by atoms with E-state index in [1.165, 1.54) is 27.1 Å². The number of fused-ring (bicyclic) bond motifs is 2. The van der Waals surface area contributed by atoms with Crippen LogP contribution >= 0.6 is 11.8 Å². The van der Waals surface area contributed by atoms with Crippen LogP contribution in [0.5, 0.6) is 0 Å². The average Bonchev–Trinajstić information content (AvgIpc) is 2.98. The minimum absolute atomic E-state index is 0.378. The Morgan fingerprint density at radius 1 is 0.879 bits per heavy atom. The van der Waals surface area contributed by atoms with Crippen molar-refractivity contribution in [2.45, 2.75) is 16.2 Å². The summed E-state index contributed by atoms with van der Waals surface area (Å²) in [5.41, 5.74) is 10.8. The summed E-state index contributed by atoms with van der Waals surface area (Å²) < 4.78 is 0. The molecule has 1 atom stereocenters. The topological polar surface area (TPSA) is 113 Å². The van der Waals surface area contributed by atoms with E-state index in [2.05, 4.69) is 84.2 Å². The summed E-state index contributed by atoms with van der Waals surface area (Å²) in [5.74, 6) is -1.54. The van der Waals surface area contributed by atoms with Gasteiger partial charge < -0.3 is 15.9 Å². The Labute approximate surface area is 197 Å². The van der Waals surface area contributed by atoms with Crippen LogP contribution in [0, 0.1) is 0 Å². The fourth-order valence-corrected chi connectivity index (χ4v) is 5.02. The van der Waals surface area contributed by atoms with Crippen molar-refractivity contribution in [1.29, 1.82) is 0 Å². The highest BCUT2D eigenvalue weighted by Crippen LogP contribution is 2.46. The highest BCUT2D eigenvalue weighted by atomic mass is 32.2. The number of rotatable bonds is 6. The lowest BCUT2D eigenvalue weighted by atomic mass is 9.75. The molecule has 1 heterocycles. The van der Waals surface area contributed by atoms with E-state index in [-0.39, 0.29) is 5.54 Å². The Kier molecular flexibility index (Phi) is 8.43. The molecule has 1 unspecified atom stereocenters. The van der Waals surface area contributed by atoms with Gasteiger partial charge in [-0.05, 0) is 28.3 Å². The third-order valence-corrected chi connectivity index (χ3v) is 6.33. The van der Waals surface area contributed by atoms with Gasteiger partial charge in [-0.1, -0.05) is 72.8 Å². The number of carbonyl (C=O) groups is 2. The van der Waals surface area contributed by atoms with E-state index in [4.69, 9.17) is 15.9 Å². The second-order valence-corrected chi connectivity index (χ2v) is 8.30. The Bertz CT molecular complexity index is 1070. The van der Waals surface area contributed by atoms with Crippen molar-refractivity contribution in [2.75, 3.05) is 13.1 Å². The molecular formula is C26H26N2O4S. The van der Waals surface area contributed by atoms with E-state index < -0.39 is 11.9 Å². The summed E-state index contributed by atoms with van der Waals surface area (Å²) in [6.45, 7) is 1.36. The fourth-order valence-electron chi connectivity index (χ4n) is 3.91. The molecule has 170 valence electrons. The number of hydrogen-bond donors (Lipinski definition) is 4. The van der Waals surface area contributed by atoms with Crippen molar-refractivity contribution in [3.63, 3.8) is 0 Å². The van der Waals surface area contributed by atoms with Crippen LogP contribution in [0.25, 0.3) is 0 Å².